The van der Waals surface area contributed by atoms with E-state index in [-0.39, 0.29) is 36.0 Å². The first-order chi connectivity index (χ1) is 12.4. The van der Waals surface area contributed by atoms with E-state index in [0.29, 0.717) is 29.7 Å². The van der Waals surface area contributed by atoms with E-state index in [4.69, 9.17) is 4.74 Å². The normalized spacial score (nSPS) is 20.7. The van der Waals surface area contributed by atoms with Gasteiger partial charge in [-0.2, -0.15) is 11.8 Å². The Kier molecular flexibility index (Phi) is 10.3. The van der Waals surface area contributed by atoms with Gasteiger partial charge < -0.3 is 20.5 Å². The SMILES string of the molecule is CCNC(=NCC1(O)CCSC1)NC(C)c1nc(C)c(C(=O)OCC)s1.I. The van der Waals surface area contributed by atoms with Crippen LogP contribution < -0.4 is 10.6 Å². The van der Waals surface area contributed by atoms with E-state index < -0.39 is 5.60 Å². The van der Waals surface area contributed by atoms with Gasteiger partial charge in [0.1, 0.15) is 9.88 Å². The third-order valence-electron chi connectivity index (χ3n) is 3.96. The lowest BCUT2D eigenvalue weighted by Crippen LogP contribution is -2.41. The highest BCUT2D eigenvalue weighted by Gasteiger charge is 2.31. The molecule has 1 aliphatic rings. The van der Waals surface area contributed by atoms with Crippen molar-refractivity contribution in [3.05, 3.63) is 15.6 Å². The quantitative estimate of drug-likeness (QED) is 0.217. The van der Waals surface area contributed by atoms with Gasteiger partial charge >= 0.3 is 5.97 Å². The maximum absolute atomic E-state index is 12.0. The molecule has 3 N–H and O–H groups in total. The fourth-order valence-electron chi connectivity index (χ4n) is 2.52. The highest BCUT2D eigenvalue weighted by atomic mass is 127. The van der Waals surface area contributed by atoms with Crippen LogP contribution in [-0.2, 0) is 4.74 Å². The zero-order chi connectivity index (χ0) is 19.2. The molecule has 154 valence electrons. The Hall–Kier alpha value is -0.590. The van der Waals surface area contributed by atoms with Crippen LogP contribution in [0.15, 0.2) is 4.99 Å². The number of nitrogens with one attached hydrogen (secondary N) is 2. The highest BCUT2D eigenvalue weighted by molar-refractivity contribution is 14.0. The number of hydrogen-bond donors (Lipinski definition) is 3. The summed E-state index contributed by atoms with van der Waals surface area (Å²) in [6.45, 7) is 9.00. The second-order valence-corrected chi connectivity index (χ2v) is 8.41. The van der Waals surface area contributed by atoms with Gasteiger partial charge in [0.05, 0.1) is 30.5 Å². The van der Waals surface area contributed by atoms with Crippen molar-refractivity contribution < 1.29 is 14.6 Å². The maximum atomic E-state index is 12.0. The number of aromatic nitrogens is 1. The standard InChI is InChI=1S/C17H28N4O3S2.HI/c1-5-18-16(19-9-17(23)7-8-25-10-17)21-12(4)14-20-11(3)13(26-14)15(22)24-6-2;/h12,23H,5-10H2,1-4H3,(H2,18,19,21);1H. The van der Waals surface area contributed by atoms with E-state index in [1.54, 1.807) is 18.7 Å². The zero-order valence-electron chi connectivity index (χ0n) is 16.2. The molecule has 0 aromatic carbocycles. The van der Waals surface area contributed by atoms with Crippen LogP contribution in [0.3, 0.4) is 0 Å². The van der Waals surface area contributed by atoms with Crippen molar-refractivity contribution >= 4 is 59.0 Å². The summed E-state index contributed by atoms with van der Waals surface area (Å²) in [6.07, 6.45) is 0.769. The van der Waals surface area contributed by atoms with Crippen LogP contribution in [0.2, 0.25) is 0 Å². The van der Waals surface area contributed by atoms with Crippen LogP contribution in [-0.4, -0.2) is 58.8 Å². The molecule has 2 heterocycles. The number of thioether (sulfide) groups is 1. The van der Waals surface area contributed by atoms with Crippen molar-refractivity contribution in [2.45, 2.75) is 45.8 Å². The molecule has 10 heteroatoms. The Labute approximate surface area is 186 Å². The fourth-order valence-corrected chi connectivity index (χ4v) is 4.77. The molecule has 1 aliphatic heterocycles. The van der Waals surface area contributed by atoms with Gasteiger partial charge in [0.2, 0.25) is 0 Å². The molecule has 0 spiro atoms. The number of guanidine groups is 1. The predicted molar refractivity (Wildman–Crippen MR) is 123 cm³/mol. The predicted octanol–water partition coefficient (Wildman–Crippen LogP) is 2.73. The first-order valence-electron chi connectivity index (χ1n) is 8.88. The number of esters is 1. The molecule has 2 unspecified atom stereocenters. The summed E-state index contributed by atoms with van der Waals surface area (Å²) >= 11 is 3.09. The van der Waals surface area contributed by atoms with Crippen molar-refractivity contribution in [1.29, 1.82) is 0 Å². The van der Waals surface area contributed by atoms with Gasteiger partial charge in [-0.15, -0.1) is 35.3 Å². The molecule has 2 rings (SSSR count). The molecule has 0 saturated carbocycles. The molecule has 0 amide bonds. The minimum Gasteiger partial charge on any atom is -0.462 e. The average Bonchev–Trinajstić information content (AvgIpc) is 3.20. The number of thiazole rings is 1. The van der Waals surface area contributed by atoms with Crippen molar-refractivity contribution in [3.63, 3.8) is 0 Å². The van der Waals surface area contributed by atoms with E-state index in [2.05, 4.69) is 20.6 Å². The summed E-state index contributed by atoms with van der Waals surface area (Å²) in [4.78, 5) is 21.6. The number of carbonyl (C=O) groups excluding carboxylic acids is 1. The fraction of sp³-hybridized carbons (Fsp3) is 0.706. The zero-order valence-corrected chi connectivity index (χ0v) is 20.2. The van der Waals surface area contributed by atoms with Crippen LogP contribution >= 0.6 is 47.1 Å². The lowest BCUT2D eigenvalue weighted by molar-refractivity contribution is 0.0531. The molecule has 0 aliphatic carbocycles. The van der Waals surface area contributed by atoms with Gasteiger partial charge in [-0.3, -0.25) is 4.99 Å². The number of nitrogens with zero attached hydrogens (tertiary/aromatic N) is 2. The first kappa shape index (κ1) is 24.4. The second-order valence-electron chi connectivity index (χ2n) is 6.28. The molecule has 1 saturated heterocycles. The maximum Gasteiger partial charge on any atom is 0.350 e. The number of aryl methyl sites for hydroxylation is 1. The summed E-state index contributed by atoms with van der Waals surface area (Å²) in [5.74, 6) is 2.00. The third-order valence-corrected chi connectivity index (χ3v) is 6.51. The van der Waals surface area contributed by atoms with Crippen molar-refractivity contribution in [2.75, 3.05) is 31.2 Å². The number of carbonyl (C=O) groups is 1. The number of halogens is 1. The van der Waals surface area contributed by atoms with Gasteiger partial charge in [-0.1, -0.05) is 0 Å². The van der Waals surface area contributed by atoms with Crippen molar-refractivity contribution in [1.82, 2.24) is 15.6 Å². The largest absolute Gasteiger partial charge is 0.462 e. The van der Waals surface area contributed by atoms with Crippen molar-refractivity contribution in [2.24, 2.45) is 4.99 Å². The monoisotopic (exact) mass is 528 g/mol. The molecule has 27 heavy (non-hydrogen) atoms. The van der Waals surface area contributed by atoms with Crippen molar-refractivity contribution in [3.8, 4) is 0 Å². The highest BCUT2D eigenvalue weighted by Crippen LogP contribution is 2.28. The topological polar surface area (TPSA) is 95.8 Å². The molecule has 1 fully saturated rings. The van der Waals surface area contributed by atoms with Gasteiger partial charge in [0.15, 0.2) is 5.96 Å². The van der Waals surface area contributed by atoms with E-state index in [1.165, 1.54) is 11.3 Å². The Bertz CT molecular complexity index is 648. The van der Waals surface area contributed by atoms with Crippen LogP contribution in [0.5, 0.6) is 0 Å². The van der Waals surface area contributed by atoms with E-state index in [9.17, 15) is 9.90 Å². The van der Waals surface area contributed by atoms with Gasteiger partial charge in [-0.05, 0) is 39.9 Å². The van der Waals surface area contributed by atoms with Gasteiger partial charge in [-0.25, -0.2) is 9.78 Å². The summed E-state index contributed by atoms with van der Waals surface area (Å²) < 4.78 is 5.07. The number of aliphatic hydroxyl groups is 1. The molecular formula is C17H29IN4O3S2. The molecule has 0 radical (unpaired) electrons. The van der Waals surface area contributed by atoms with Gasteiger partial charge in [0, 0.05) is 12.3 Å². The number of aliphatic imine (C=N–C) groups is 1. The van der Waals surface area contributed by atoms with Crippen LogP contribution in [0.1, 0.15) is 53.6 Å². The molecule has 7 nitrogen and oxygen atoms in total. The summed E-state index contributed by atoms with van der Waals surface area (Å²) in [6, 6.07) is -0.118. The molecule has 1 aromatic heterocycles. The Balaban J connectivity index is 0.00000364. The van der Waals surface area contributed by atoms with E-state index in [1.807, 2.05) is 20.8 Å². The lowest BCUT2D eigenvalue weighted by Gasteiger charge is -2.21. The Morgan fingerprint density at radius 1 is 1.48 bits per heavy atom. The minimum atomic E-state index is -0.717. The van der Waals surface area contributed by atoms with Crippen LogP contribution in [0.25, 0.3) is 0 Å². The molecular weight excluding hydrogens is 499 g/mol. The molecule has 1 aromatic rings. The van der Waals surface area contributed by atoms with Crippen LogP contribution in [0.4, 0.5) is 0 Å². The number of ether oxygens (including phenoxy) is 1. The molecule has 2 atom stereocenters. The average molecular weight is 528 g/mol. The summed E-state index contributed by atoms with van der Waals surface area (Å²) in [5.41, 5.74) is -0.0400. The smallest absolute Gasteiger partial charge is 0.350 e. The van der Waals surface area contributed by atoms with Gasteiger partial charge in [0.25, 0.3) is 0 Å². The Morgan fingerprint density at radius 2 is 2.22 bits per heavy atom. The second kappa shape index (κ2) is 11.4. The summed E-state index contributed by atoms with van der Waals surface area (Å²) in [7, 11) is 0. The number of hydrogen-bond acceptors (Lipinski definition) is 7. The Morgan fingerprint density at radius 3 is 2.81 bits per heavy atom. The minimum absolute atomic E-state index is 0. The van der Waals surface area contributed by atoms with E-state index in [0.717, 1.165) is 29.5 Å². The first-order valence-corrected chi connectivity index (χ1v) is 10.8. The lowest BCUT2D eigenvalue weighted by atomic mass is 10.1. The third kappa shape index (κ3) is 7.06. The van der Waals surface area contributed by atoms with E-state index >= 15 is 0 Å². The molecule has 0 bridgehead atoms. The number of rotatable bonds is 7. The summed E-state index contributed by atoms with van der Waals surface area (Å²) in [5, 5.41) is 17.8. The van der Waals surface area contributed by atoms with Crippen LogP contribution in [0, 0.1) is 6.92 Å².